The summed E-state index contributed by atoms with van der Waals surface area (Å²) >= 11 is 1.74. The first kappa shape index (κ1) is 22.4. The van der Waals surface area contributed by atoms with Crippen molar-refractivity contribution in [1.82, 2.24) is 10.9 Å². The molecule has 0 spiro atoms. The average Bonchev–Trinajstić information content (AvgIpc) is 2.74. The van der Waals surface area contributed by atoms with Gasteiger partial charge in [-0.2, -0.15) is 22.0 Å². The molecule has 0 aromatic heterocycles. The summed E-state index contributed by atoms with van der Waals surface area (Å²) in [4.78, 5) is 23.4. The summed E-state index contributed by atoms with van der Waals surface area (Å²) in [6.45, 7) is 0. The Morgan fingerprint density at radius 2 is 1.14 bits per heavy atom. The van der Waals surface area contributed by atoms with Crippen molar-refractivity contribution >= 4 is 36.0 Å². The first-order valence-electron chi connectivity index (χ1n) is 9.56. The number of nitrogens with one attached hydrogen (secondary N) is 2. The molecule has 152 valence electrons. The lowest BCUT2D eigenvalue weighted by Gasteiger charge is -2.02. The summed E-state index contributed by atoms with van der Waals surface area (Å²) in [5.74, 6) is 1.58. The maximum Gasteiger partial charge on any atom is 0.240 e. The van der Waals surface area contributed by atoms with Crippen LogP contribution in [0.1, 0.15) is 36.8 Å². The van der Waals surface area contributed by atoms with Crippen molar-refractivity contribution in [3.05, 3.63) is 71.8 Å². The predicted octanol–water partition coefficient (Wildman–Crippen LogP) is 3.58. The van der Waals surface area contributed by atoms with Crippen LogP contribution in [0.2, 0.25) is 0 Å². The van der Waals surface area contributed by atoms with Crippen molar-refractivity contribution < 1.29 is 9.59 Å². The van der Waals surface area contributed by atoms with E-state index in [4.69, 9.17) is 0 Å². The molecule has 2 aromatic carbocycles. The number of carbonyl (C=O) groups is 2. The van der Waals surface area contributed by atoms with Crippen LogP contribution < -0.4 is 10.9 Å². The van der Waals surface area contributed by atoms with Gasteiger partial charge in [-0.3, -0.25) is 9.59 Å². The predicted molar refractivity (Wildman–Crippen MR) is 120 cm³/mol. The van der Waals surface area contributed by atoms with Crippen molar-refractivity contribution in [2.75, 3.05) is 11.5 Å². The average molecular weight is 411 g/mol. The summed E-state index contributed by atoms with van der Waals surface area (Å²) in [6.07, 6.45) is 5.70. The van der Waals surface area contributed by atoms with Crippen molar-refractivity contribution in [2.24, 2.45) is 10.2 Å². The quantitative estimate of drug-likeness (QED) is 0.319. The van der Waals surface area contributed by atoms with Gasteiger partial charge >= 0.3 is 0 Å². The molecule has 0 aliphatic heterocycles. The zero-order chi connectivity index (χ0) is 20.6. The number of rotatable bonds is 12. The molecule has 0 saturated heterocycles. The van der Waals surface area contributed by atoms with Crippen LogP contribution in [0, 0.1) is 0 Å². The second-order valence-electron chi connectivity index (χ2n) is 6.23. The fourth-order valence-electron chi connectivity index (χ4n) is 2.32. The molecule has 0 aliphatic carbocycles. The van der Waals surface area contributed by atoms with E-state index in [0.717, 1.165) is 35.5 Å². The van der Waals surface area contributed by atoms with Crippen LogP contribution in [0.3, 0.4) is 0 Å². The lowest BCUT2D eigenvalue weighted by atomic mass is 10.2. The summed E-state index contributed by atoms with van der Waals surface area (Å²) in [5.41, 5.74) is 6.95. The van der Waals surface area contributed by atoms with Crippen molar-refractivity contribution in [2.45, 2.75) is 25.7 Å². The summed E-state index contributed by atoms with van der Waals surface area (Å²) in [5, 5.41) is 7.89. The van der Waals surface area contributed by atoms with Gasteiger partial charge in [0.25, 0.3) is 0 Å². The van der Waals surface area contributed by atoms with Crippen LogP contribution in [0.15, 0.2) is 70.9 Å². The zero-order valence-electron chi connectivity index (χ0n) is 16.3. The van der Waals surface area contributed by atoms with Gasteiger partial charge in [-0.1, -0.05) is 60.7 Å². The molecular weight excluding hydrogens is 384 g/mol. The first-order valence-corrected chi connectivity index (χ1v) is 10.7. The number of amides is 2. The molecule has 6 nitrogen and oxygen atoms in total. The maximum atomic E-state index is 11.7. The van der Waals surface area contributed by atoms with E-state index >= 15 is 0 Å². The molecule has 29 heavy (non-hydrogen) atoms. The Kier molecular flexibility index (Phi) is 10.9. The fraction of sp³-hybridized carbons (Fsp3) is 0.273. The number of hydrogen-bond acceptors (Lipinski definition) is 5. The summed E-state index contributed by atoms with van der Waals surface area (Å²) in [6, 6.07) is 19.2. The smallest absolute Gasteiger partial charge is 0.240 e. The Labute approximate surface area is 175 Å². The van der Waals surface area contributed by atoms with E-state index in [9.17, 15) is 9.59 Å². The lowest BCUT2D eigenvalue weighted by molar-refractivity contribution is -0.121. The molecule has 0 bridgehead atoms. The Balaban J connectivity index is 1.44. The third kappa shape index (κ3) is 10.8. The van der Waals surface area contributed by atoms with E-state index < -0.39 is 0 Å². The Bertz CT molecular complexity index is 727. The van der Waals surface area contributed by atoms with E-state index in [0.29, 0.717) is 12.8 Å². The summed E-state index contributed by atoms with van der Waals surface area (Å²) in [7, 11) is 0. The largest absolute Gasteiger partial charge is 0.273 e. The van der Waals surface area contributed by atoms with E-state index in [1.54, 1.807) is 24.2 Å². The van der Waals surface area contributed by atoms with Crippen LogP contribution in [0.5, 0.6) is 0 Å². The second-order valence-corrected chi connectivity index (χ2v) is 7.45. The fourth-order valence-corrected chi connectivity index (χ4v) is 3.22. The van der Waals surface area contributed by atoms with E-state index in [-0.39, 0.29) is 11.8 Å². The first-order chi connectivity index (χ1) is 14.2. The van der Waals surface area contributed by atoms with Crippen LogP contribution in [0.4, 0.5) is 0 Å². The Morgan fingerprint density at radius 3 is 1.55 bits per heavy atom. The van der Waals surface area contributed by atoms with Crippen LogP contribution in [0.25, 0.3) is 0 Å². The maximum absolute atomic E-state index is 11.7. The minimum absolute atomic E-state index is 0.0894. The van der Waals surface area contributed by atoms with Gasteiger partial charge in [0, 0.05) is 12.8 Å². The van der Waals surface area contributed by atoms with Crippen molar-refractivity contribution in [3.8, 4) is 0 Å². The molecule has 2 rings (SSSR count). The number of nitrogens with zero attached hydrogens (tertiary/aromatic N) is 2. The van der Waals surface area contributed by atoms with Gasteiger partial charge in [0.2, 0.25) is 11.8 Å². The molecule has 2 aromatic rings. The van der Waals surface area contributed by atoms with Gasteiger partial charge in [0.1, 0.15) is 0 Å². The number of hydrazone groups is 2. The number of thioether (sulfide) groups is 1. The standard InChI is InChI=1S/C22H26N4O2S/c27-21(25-23-17-19-9-3-1-4-10-19)13-7-15-29-16-8-14-22(28)26-24-18-20-11-5-2-6-12-20/h1-6,9-12,17-18H,7-8,13-16H2,(H,25,27)(H,26,28). The van der Waals surface area contributed by atoms with Gasteiger partial charge in [-0.05, 0) is 35.5 Å². The number of carbonyl (C=O) groups excluding carboxylic acids is 2. The SMILES string of the molecule is O=C(CCCSCCCC(=O)NN=Cc1ccccc1)NN=Cc1ccccc1. The van der Waals surface area contributed by atoms with E-state index in [1.165, 1.54) is 0 Å². The zero-order valence-corrected chi connectivity index (χ0v) is 17.1. The highest BCUT2D eigenvalue weighted by Crippen LogP contribution is 2.08. The molecule has 2 N–H and O–H groups in total. The van der Waals surface area contributed by atoms with Gasteiger partial charge in [-0.15, -0.1) is 0 Å². The Morgan fingerprint density at radius 1 is 0.724 bits per heavy atom. The highest BCUT2D eigenvalue weighted by atomic mass is 32.2. The third-order valence-corrected chi connectivity index (χ3v) is 4.94. The monoisotopic (exact) mass is 410 g/mol. The van der Waals surface area contributed by atoms with Crippen molar-refractivity contribution in [3.63, 3.8) is 0 Å². The molecule has 0 fully saturated rings. The molecular formula is C22H26N4O2S. The highest BCUT2D eigenvalue weighted by molar-refractivity contribution is 7.99. The van der Waals surface area contributed by atoms with Crippen LogP contribution >= 0.6 is 11.8 Å². The van der Waals surface area contributed by atoms with Crippen LogP contribution in [-0.2, 0) is 9.59 Å². The summed E-state index contributed by atoms with van der Waals surface area (Å²) < 4.78 is 0. The van der Waals surface area contributed by atoms with Crippen molar-refractivity contribution in [1.29, 1.82) is 0 Å². The molecule has 0 atom stereocenters. The number of hydrogen-bond donors (Lipinski definition) is 2. The molecule has 7 heteroatoms. The van der Waals surface area contributed by atoms with Gasteiger partial charge in [0.05, 0.1) is 12.4 Å². The number of benzene rings is 2. The lowest BCUT2D eigenvalue weighted by Crippen LogP contribution is -2.17. The highest BCUT2D eigenvalue weighted by Gasteiger charge is 2.01. The third-order valence-electron chi connectivity index (χ3n) is 3.79. The van der Waals surface area contributed by atoms with Crippen LogP contribution in [-0.4, -0.2) is 35.7 Å². The molecule has 0 unspecified atom stereocenters. The van der Waals surface area contributed by atoms with E-state index in [1.807, 2.05) is 60.7 Å². The second kappa shape index (κ2) is 14.1. The minimum atomic E-state index is -0.0894. The molecule has 0 aliphatic rings. The Hall–Kier alpha value is -2.93. The van der Waals surface area contributed by atoms with E-state index in [2.05, 4.69) is 21.1 Å². The minimum Gasteiger partial charge on any atom is -0.273 e. The van der Waals surface area contributed by atoms with Gasteiger partial charge < -0.3 is 0 Å². The van der Waals surface area contributed by atoms with Gasteiger partial charge in [-0.25, -0.2) is 10.9 Å². The molecule has 0 radical (unpaired) electrons. The molecule has 0 saturated carbocycles. The topological polar surface area (TPSA) is 82.9 Å². The normalized spacial score (nSPS) is 11.0. The van der Waals surface area contributed by atoms with Gasteiger partial charge in [0.15, 0.2) is 0 Å². The molecule has 0 heterocycles. The molecule has 2 amide bonds.